The van der Waals surface area contributed by atoms with E-state index < -0.39 is 16.5 Å². The lowest BCUT2D eigenvalue weighted by molar-refractivity contribution is 0.114. The first-order valence-electron chi connectivity index (χ1n) is 2.75. The quantitative estimate of drug-likeness (QED) is 0.680. The van der Waals surface area contributed by atoms with Crippen molar-refractivity contribution in [2.45, 2.75) is 10.7 Å². The molecule has 0 aromatic carbocycles. The van der Waals surface area contributed by atoms with Crippen LogP contribution in [0.3, 0.4) is 0 Å². The third kappa shape index (κ3) is 1.89. The summed E-state index contributed by atoms with van der Waals surface area (Å²) in [6, 6.07) is 0. The van der Waals surface area contributed by atoms with E-state index in [1.54, 1.807) is 0 Å². The second-order valence-corrected chi connectivity index (χ2v) is 4.26. The largest absolute Gasteiger partial charge is 0.372 e. The van der Waals surface area contributed by atoms with Crippen molar-refractivity contribution in [1.29, 1.82) is 0 Å². The molecule has 1 nitrogen and oxygen atoms in total. The molecule has 1 aliphatic rings. The van der Waals surface area contributed by atoms with Gasteiger partial charge in [-0.15, -0.1) is 0 Å². The van der Waals surface area contributed by atoms with Crippen LogP contribution in [-0.4, -0.2) is 15.8 Å². The smallest absolute Gasteiger partial charge is 0.176 e. The fourth-order valence-corrected chi connectivity index (χ4v) is 1.33. The number of hydrogen-bond donors (Lipinski definition) is 1. The second kappa shape index (κ2) is 2.95. The maximum Gasteiger partial charge on any atom is 0.176 e. The number of aliphatic hydroxyl groups is 1. The van der Waals surface area contributed by atoms with Gasteiger partial charge in [0, 0.05) is 0 Å². The summed E-state index contributed by atoms with van der Waals surface area (Å²) in [7, 11) is 0. The SMILES string of the molecule is OC1(Br)C=C(F)C(Br)=CC1F. The summed E-state index contributed by atoms with van der Waals surface area (Å²) in [6.45, 7) is 0. The van der Waals surface area contributed by atoms with E-state index in [4.69, 9.17) is 5.11 Å². The lowest BCUT2D eigenvalue weighted by atomic mass is 10.1. The van der Waals surface area contributed by atoms with Gasteiger partial charge in [0.1, 0.15) is 5.83 Å². The number of halogens is 4. The fourth-order valence-electron chi connectivity index (χ4n) is 0.651. The van der Waals surface area contributed by atoms with Gasteiger partial charge in [-0.25, -0.2) is 8.78 Å². The molecule has 0 aliphatic heterocycles. The van der Waals surface area contributed by atoms with Crippen molar-refractivity contribution >= 4 is 31.9 Å². The average molecular weight is 290 g/mol. The Labute approximate surface area is 79.0 Å². The maximum atomic E-state index is 12.8. The van der Waals surface area contributed by atoms with Crippen molar-refractivity contribution in [3.63, 3.8) is 0 Å². The first-order chi connectivity index (χ1) is 4.93. The molecule has 0 bridgehead atoms. The topological polar surface area (TPSA) is 20.2 Å². The van der Waals surface area contributed by atoms with Gasteiger partial charge < -0.3 is 5.11 Å². The third-order valence-corrected chi connectivity index (χ3v) is 2.55. The molecular formula is C6H4Br2F2O. The van der Waals surface area contributed by atoms with Crippen LogP contribution < -0.4 is 0 Å². The van der Waals surface area contributed by atoms with Crippen LogP contribution in [0, 0.1) is 0 Å². The van der Waals surface area contributed by atoms with E-state index in [0.717, 1.165) is 12.2 Å². The molecule has 2 atom stereocenters. The molecule has 0 heterocycles. The molecule has 1 N–H and O–H groups in total. The monoisotopic (exact) mass is 288 g/mol. The Kier molecular flexibility index (Phi) is 2.51. The summed E-state index contributed by atoms with van der Waals surface area (Å²) >= 11 is 5.42. The average Bonchev–Trinajstić information content (AvgIpc) is 1.83. The lowest BCUT2D eigenvalue weighted by Crippen LogP contribution is -2.31. The predicted octanol–water partition coefficient (Wildman–Crippen LogP) is 2.55. The molecule has 0 spiro atoms. The highest BCUT2D eigenvalue weighted by Gasteiger charge is 2.35. The molecule has 0 amide bonds. The number of allylic oxidation sites excluding steroid dienone is 2. The van der Waals surface area contributed by atoms with E-state index in [1.165, 1.54) is 0 Å². The van der Waals surface area contributed by atoms with Crippen LogP contribution >= 0.6 is 31.9 Å². The zero-order chi connectivity index (χ0) is 8.65. The normalized spacial score (nSPS) is 38.1. The summed E-state index contributed by atoms with van der Waals surface area (Å²) in [5.74, 6) is -0.682. The van der Waals surface area contributed by atoms with Crippen LogP contribution in [0.4, 0.5) is 8.78 Å². The van der Waals surface area contributed by atoms with Gasteiger partial charge in [-0.05, 0) is 44.0 Å². The number of alkyl halides is 2. The van der Waals surface area contributed by atoms with Gasteiger partial charge in [-0.2, -0.15) is 0 Å². The van der Waals surface area contributed by atoms with Crippen LogP contribution in [-0.2, 0) is 0 Å². The molecule has 0 aromatic rings. The van der Waals surface area contributed by atoms with Crippen LogP contribution in [0.5, 0.6) is 0 Å². The minimum atomic E-state index is -1.91. The van der Waals surface area contributed by atoms with Crippen molar-refractivity contribution < 1.29 is 13.9 Å². The van der Waals surface area contributed by atoms with E-state index in [9.17, 15) is 8.78 Å². The van der Waals surface area contributed by atoms with E-state index in [1.807, 2.05) is 0 Å². The van der Waals surface area contributed by atoms with Gasteiger partial charge in [0.05, 0.1) is 4.48 Å². The van der Waals surface area contributed by atoms with Gasteiger partial charge in [0.15, 0.2) is 10.7 Å². The zero-order valence-electron chi connectivity index (χ0n) is 5.19. The molecule has 62 valence electrons. The Balaban J connectivity index is 2.98. The summed E-state index contributed by atoms with van der Waals surface area (Å²) < 4.78 is 23.5. The van der Waals surface area contributed by atoms with Crippen molar-refractivity contribution in [2.75, 3.05) is 0 Å². The molecule has 1 rings (SSSR count). The molecule has 0 fully saturated rings. The fraction of sp³-hybridized carbons (Fsp3) is 0.333. The third-order valence-electron chi connectivity index (χ3n) is 1.24. The Morgan fingerprint density at radius 1 is 1.64 bits per heavy atom. The number of hydrogen-bond acceptors (Lipinski definition) is 1. The highest BCUT2D eigenvalue weighted by atomic mass is 79.9. The Morgan fingerprint density at radius 2 is 2.18 bits per heavy atom. The highest BCUT2D eigenvalue weighted by Crippen LogP contribution is 2.35. The first kappa shape index (κ1) is 9.35. The summed E-state index contributed by atoms with van der Waals surface area (Å²) in [4.78, 5) is 0. The Hall–Kier alpha value is 0.260. The van der Waals surface area contributed by atoms with Gasteiger partial charge in [-0.1, -0.05) is 0 Å². The minimum Gasteiger partial charge on any atom is -0.372 e. The first-order valence-corrected chi connectivity index (χ1v) is 4.33. The van der Waals surface area contributed by atoms with E-state index >= 15 is 0 Å². The molecule has 1 aliphatic carbocycles. The minimum absolute atomic E-state index is 0.0223. The molecule has 0 radical (unpaired) electrons. The second-order valence-electron chi connectivity index (χ2n) is 2.14. The van der Waals surface area contributed by atoms with Gasteiger partial charge in [-0.3, -0.25) is 0 Å². The molecular weight excluding hydrogens is 286 g/mol. The molecule has 0 saturated heterocycles. The summed E-state index contributed by atoms with van der Waals surface area (Å²) in [5.41, 5.74) is 0. The zero-order valence-corrected chi connectivity index (χ0v) is 8.36. The van der Waals surface area contributed by atoms with Crippen LogP contribution in [0.2, 0.25) is 0 Å². The van der Waals surface area contributed by atoms with Crippen LogP contribution in [0.25, 0.3) is 0 Å². The number of rotatable bonds is 0. The van der Waals surface area contributed by atoms with Crippen molar-refractivity contribution in [3.05, 3.63) is 22.5 Å². The standard InChI is InChI=1S/C6H4Br2F2O/c7-3-1-5(10)6(8,11)2-4(3)9/h1-2,5,11H. The summed E-state index contributed by atoms with van der Waals surface area (Å²) in [5, 5.41) is 9.09. The van der Waals surface area contributed by atoms with Gasteiger partial charge in [0.2, 0.25) is 0 Å². The van der Waals surface area contributed by atoms with E-state index in [2.05, 4.69) is 31.9 Å². The van der Waals surface area contributed by atoms with Crippen LogP contribution in [0.15, 0.2) is 22.5 Å². The molecule has 5 heteroatoms. The van der Waals surface area contributed by atoms with Gasteiger partial charge >= 0.3 is 0 Å². The van der Waals surface area contributed by atoms with Crippen molar-refractivity contribution in [2.24, 2.45) is 0 Å². The van der Waals surface area contributed by atoms with Crippen molar-refractivity contribution in [3.8, 4) is 0 Å². The van der Waals surface area contributed by atoms with Crippen LogP contribution in [0.1, 0.15) is 0 Å². The van der Waals surface area contributed by atoms with Gasteiger partial charge in [0.25, 0.3) is 0 Å². The predicted molar refractivity (Wildman–Crippen MR) is 45.0 cm³/mol. The van der Waals surface area contributed by atoms with E-state index in [-0.39, 0.29) is 4.48 Å². The summed E-state index contributed by atoms with van der Waals surface area (Å²) in [6.07, 6.45) is 0.0719. The molecule has 0 saturated carbocycles. The Morgan fingerprint density at radius 3 is 2.64 bits per heavy atom. The molecule has 11 heavy (non-hydrogen) atoms. The molecule has 0 aromatic heterocycles. The maximum absolute atomic E-state index is 12.8. The molecule has 2 unspecified atom stereocenters. The lowest BCUT2D eigenvalue weighted by Gasteiger charge is -2.22. The van der Waals surface area contributed by atoms with Crippen molar-refractivity contribution in [1.82, 2.24) is 0 Å². The Bertz CT molecular complexity index is 235. The highest BCUT2D eigenvalue weighted by molar-refractivity contribution is 9.12. The van der Waals surface area contributed by atoms with E-state index in [0.29, 0.717) is 0 Å².